The molecule has 0 aromatic heterocycles. The highest BCUT2D eigenvalue weighted by Crippen LogP contribution is 2.28. The summed E-state index contributed by atoms with van der Waals surface area (Å²) in [5.74, 6) is -0.250. The van der Waals surface area contributed by atoms with Crippen LogP contribution in [0.15, 0.2) is 24.3 Å². The molecule has 1 aliphatic rings. The first-order valence-electron chi connectivity index (χ1n) is 7.02. The van der Waals surface area contributed by atoms with E-state index in [9.17, 15) is 9.50 Å². The Hall–Kier alpha value is -1.01. The highest BCUT2D eigenvalue weighted by Gasteiger charge is 2.33. The molecule has 4 unspecified atom stereocenters. The fraction of sp³-hybridized carbons (Fsp3) is 0.600. The average molecular weight is 282 g/mol. The second-order valence-corrected chi connectivity index (χ2v) is 5.54. The molecule has 3 N–H and O–H groups in total. The molecule has 0 spiro atoms. The lowest BCUT2D eigenvalue weighted by Crippen LogP contribution is -2.54. The molecule has 112 valence electrons. The summed E-state index contributed by atoms with van der Waals surface area (Å²) in [6, 6.07) is 6.57. The van der Waals surface area contributed by atoms with Crippen LogP contribution in [0.4, 0.5) is 4.39 Å². The molecular formula is C15H23FN2O2. The topological polar surface area (TPSA) is 58.7 Å². The van der Waals surface area contributed by atoms with Gasteiger partial charge in [0, 0.05) is 18.6 Å². The van der Waals surface area contributed by atoms with Gasteiger partial charge in [0.05, 0.1) is 25.4 Å². The second-order valence-electron chi connectivity index (χ2n) is 5.54. The molecule has 0 radical (unpaired) electrons. The van der Waals surface area contributed by atoms with E-state index in [0.717, 1.165) is 5.56 Å². The van der Waals surface area contributed by atoms with E-state index in [1.807, 2.05) is 6.92 Å². The molecule has 0 saturated carbocycles. The van der Waals surface area contributed by atoms with E-state index < -0.39 is 0 Å². The van der Waals surface area contributed by atoms with Gasteiger partial charge in [-0.15, -0.1) is 0 Å². The molecule has 0 amide bonds. The molecule has 4 nitrogen and oxygen atoms in total. The summed E-state index contributed by atoms with van der Waals surface area (Å²) in [4.78, 5) is 2.24. The van der Waals surface area contributed by atoms with Gasteiger partial charge in [-0.05, 0) is 31.5 Å². The van der Waals surface area contributed by atoms with Gasteiger partial charge in [0.25, 0.3) is 0 Å². The molecule has 4 atom stereocenters. The number of hydrogen-bond acceptors (Lipinski definition) is 4. The summed E-state index contributed by atoms with van der Waals surface area (Å²) >= 11 is 0. The monoisotopic (exact) mass is 282 g/mol. The summed E-state index contributed by atoms with van der Waals surface area (Å²) in [6.07, 6.45) is -0.187. The van der Waals surface area contributed by atoms with Crippen LogP contribution in [0.5, 0.6) is 0 Å². The summed E-state index contributed by atoms with van der Waals surface area (Å²) in [5.41, 5.74) is 7.14. The number of nitrogens with zero attached hydrogens (tertiary/aromatic N) is 1. The van der Waals surface area contributed by atoms with E-state index >= 15 is 0 Å². The predicted octanol–water partition coefficient (Wildman–Crippen LogP) is 1.30. The minimum atomic E-state index is -0.250. The van der Waals surface area contributed by atoms with Gasteiger partial charge in [0.2, 0.25) is 0 Å². The van der Waals surface area contributed by atoms with Crippen molar-refractivity contribution in [1.82, 2.24) is 4.90 Å². The average Bonchev–Trinajstić information content (AvgIpc) is 2.43. The largest absolute Gasteiger partial charge is 0.394 e. The smallest absolute Gasteiger partial charge is 0.123 e. The van der Waals surface area contributed by atoms with Crippen molar-refractivity contribution in [3.8, 4) is 0 Å². The number of nitrogens with two attached hydrogens (primary N) is 1. The Balaban J connectivity index is 2.25. The van der Waals surface area contributed by atoms with E-state index in [-0.39, 0.29) is 36.7 Å². The molecule has 1 fully saturated rings. The number of halogens is 1. The third-order valence-electron chi connectivity index (χ3n) is 3.82. The summed E-state index contributed by atoms with van der Waals surface area (Å²) in [5, 5.41) is 9.29. The van der Waals surface area contributed by atoms with Crippen molar-refractivity contribution in [3.63, 3.8) is 0 Å². The molecule has 0 aliphatic carbocycles. The number of morpholine rings is 1. The van der Waals surface area contributed by atoms with Gasteiger partial charge < -0.3 is 15.6 Å². The number of benzene rings is 1. The molecule has 1 saturated heterocycles. The van der Waals surface area contributed by atoms with Gasteiger partial charge in [-0.2, -0.15) is 0 Å². The van der Waals surface area contributed by atoms with Crippen LogP contribution in [-0.4, -0.2) is 48.0 Å². The lowest BCUT2D eigenvalue weighted by molar-refractivity contribution is -0.0941. The fourth-order valence-corrected chi connectivity index (χ4v) is 2.79. The number of rotatable bonds is 4. The lowest BCUT2D eigenvalue weighted by atomic mass is 9.96. The van der Waals surface area contributed by atoms with Crippen LogP contribution in [0.25, 0.3) is 0 Å². The van der Waals surface area contributed by atoms with Crippen LogP contribution in [0.1, 0.15) is 25.5 Å². The van der Waals surface area contributed by atoms with Gasteiger partial charge in [-0.3, -0.25) is 4.90 Å². The van der Waals surface area contributed by atoms with Crippen molar-refractivity contribution >= 4 is 0 Å². The number of ether oxygens (including phenoxy) is 1. The van der Waals surface area contributed by atoms with Crippen LogP contribution < -0.4 is 5.73 Å². The van der Waals surface area contributed by atoms with Crippen LogP contribution in [0.3, 0.4) is 0 Å². The number of aliphatic hydroxyl groups is 1. The summed E-state index contributed by atoms with van der Waals surface area (Å²) < 4.78 is 18.7. The van der Waals surface area contributed by atoms with Crippen molar-refractivity contribution in [1.29, 1.82) is 0 Å². The minimum Gasteiger partial charge on any atom is -0.394 e. The van der Waals surface area contributed by atoms with Crippen LogP contribution in [-0.2, 0) is 4.74 Å². The molecule has 5 heteroatoms. The maximum absolute atomic E-state index is 13.1. The molecule has 2 rings (SSSR count). The fourth-order valence-electron chi connectivity index (χ4n) is 2.79. The molecule has 1 aromatic rings. The Labute approximate surface area is 119 Å². The van der Waals surface area contributed by atoms with Crippen molar-refractivity contribution < 1.29 is 14.2 Å². The zero-order valence-electron chi connectivity index (χ0n) is 12.0. The molecule has 1 heterocycles. The maximum atomic E-state index is 13.1. The zero-order chi connectivity index (χ0) is 14.7. The Bertz CT molecular complexity index is 424. The Morgan fingerprint density at radius 3 is 2.65 bits per heavy atom. The van der Waals surface area contributed by atoms with E-state index in [0.29, 0.717) is 13.2 Å². The van der Waals surface area contributed by atoms with E-state index in [2.05, 4.69) is 11.8 Å². The summed E-state index contributed by atoms with van der Waals surface area (Å²) in [6.45, 7) is 5.21. The van der Waals surface area contributed by atoms with Crippen molar-refractivity contribution in [2.75, 3.05) is 19.8 Å². The number of hydrogen-bond donors (Lipinski definition) is 2. The third-order valence-corrected chi connectivity index (χ3v) is 3.82. The molecule has 1 aliphatic heterocycles. The van der Waals surface area contributed by atoms with E-state index in [1.165, 1.54) is 12.1 Å². The minimum absolute atomic E-state index is 0.00168. The van der Waals surface area contributed by atoms with Crippen LogP contribution in [0.2, 0.25) is 0 Å². The number of aliphatic hydroxyl groups excluding tert-OH is 1. The maximum Gasteiger partial charge on any atom is 0.123 e. The normalized spacial score (nSPS) is 27.2. The first-order chi connectivity index (χ1) is 9.52. The second kappa shape index (κ2) is 6.63. The molecule has 20 heavy (non-hydrogen) atoms. The SMILES string of the molecule is CC(N)C(c1ccc(F)cc1)N1CC(CO)OCC1C. The highest BCUT2D eigenvalue weighted by molar-refractivity contribution is 5.22. The van der Waals surface area contributed by atoms with Crippen molar-refractivity contribution in [2.24, 2.45) is 5.73 Å². The first-order valence-corrected chi connectivity index (χ1v) is 7.02. The van der Waals surface area contributed by atoms with Crippen LogP contribution >= 0.6 is 0 Å². The van der Waals surface area contributed by atoms with Gasteiger partial charge in [0.1, 0.15) is 5.82 Å². The van der Waals surface area contributed by atoms with E-state index in [1.54, 1.807) is 12.1 Å². The first kappa shape index (κ1) is 15.4. The molecule has 0 bridgehead atoms. The Morgan fingerprint density at radius 1 is 1.45 bits per heavy atom. The standard InChI is InChI=1S/C15H23FN2O2/c1-10-9-20-14(8-19)7-18(10)15(11(2)17)12-3-5-13(16)6-4-12/h3-6,10-11,14-15,19H,7-9,17H2,1-2H3. The van der Waals surface area contributed by atoms with Gasteiger partial charge >= 0.3 is 0 Å². The van der Waals surface area contributed by atoms with Gasteiger partial charge in [0.15, 0.2) is 0 Å². The Morgan fingerprint density at radius 2 is 2.10 bits per heavy atom. The lowest BCUT2D eigenvalue weighted by Gasteiger charge is -2.44. The van der Waals surface area contributed by atoms with Crippen molar-refractivity contribution in [3.05, 3.63) is 35.6 Å². The molecular weight excluding hydrogens is 259 g/mol. The van der Waals surface area contributed by atoms with Crippen LogP contribution in [0, 0.1) is 5.82 Å². The third kappa shape index (κ3) is 3.35. The van der Waals surface area contributed by atoms with Gasteiger partial charge in [-0.25, -0.2) is 4.39 Å². The summed E-state index contributed by atoms with van der Waals surface area (Å²) in [7, 11) is 0. The van der Waals surface area contributed by atoms with Crippen molar-refractivity contribution in [2.45, 2.75) is 38.1 Å². The van der Waals surface area contributed by atoms with Gasteiger partial charge in [-0.1, -0.05) is 12.1 Å². The molecule has 1 aromatic carbocycles. The quantitative estimate of drug-likeness (QED) is 0.874. The zero-order valence-corrected chi connectivity index (χ0v) is 12.0. The highest BCUT2D eigenvalue weighted by atomic mass is 19.1. The predicted molar refractivity (Wildman–Crippen MR) is 75.8 cm³/mol. The van der Waals surface area contributed by atoms with E-state index in [4.69, 9.17) is 10.5 Å². The Kier molecular flexibility index (Phi) is 5.10.